The van der Waals surface area contributed by atoms with E-state index in [1.54, 1.807) is 0 Å². The molecule has 2 nitrogen and oxygen atoms in total. The molecule has 0 spiro atoms. The Morgan fingerprint density at radius 1 is 1.23 bits per heavy atom. The van der Waals surface area contributed by atoms with Gasteiger partial charge in [-0.3, -0.25) is 4.79 Å². The molecule has 0 aliphatic heterocycles. The number of hydrogen-bond donors (Lipinski definition) is 0. The molecule has 0 aromatic carbocycles. The van der Waals surface area contributed by atoms with Gasteiger partial charge in [0.15, 0.2) is 5.78 Å². The summed E-state index contributed by atoms with van der Waals surface area (Å²) >= 11 is 3.91. The predicted octanol–water partition coefficient (Wildman–Crippen LogP) is 4.52. The van der Waals surface area contributed by atoms with Gasteiger partial charge in [-0.2, -0.15) is 0 Å². The van der Waals surface area contributed by atoms with Gasteiger partial charge >= 0.3 is 0 Å². The number of methoxy groups -OCH3 is 1. The van der Waals surface area contributed by atoms with E-state index in [4.69, 9.17) is 4.74 Å². The van der Waals surface area contributed by atoms with Crippen molar-refractivity contribution in [1.82, 2.24) is 0 Å². The van der Waals surface area contributed by atoms with E-state index >= 15 is 0 Å². The summed E-state index contributed by atoms with van der Waals surface area (Å²) in [6.45, 7) is 2.48. The van der Waals surface area contributed by atoms with Gasteiger partial charge in [-0.1, -0.05) is 22.9 Å². The lowest BCUT2D eigenvalue weighted by molar-refractivity contribution is -0.116. The van der Waals surface area contributed by atoms with Crippen LogP contribution >= 0.6 is 15.9 Å². The van der Waals surface area contributed by atoms with Crippen LogP contribution < -0.4 is 0 Å². The fraction of sp³-hybridized carbons (Fsp3) is 0.842. The van der Waals surface area contributed by atoms with Gasteiger partial charge in [-0.15, -0.1) is 0 Å². The Hall–Kier alpha value is -0.150. The molecule has 0 N–H and O–H groups in total. The van der Waals surface area contributed by atoms with Crippen molar-refractivity contribution in [3.05, 3.63) is 11.6 Å². The molecular formula is C19H27BrO2. The van der Waals surface area contributed by atoms with Crippen LogP contribution in [0.15, 0.2) is 11.6 Å². The first-order valence-corrected chi connectivity index (χ1v) is 9.87. The lowest BCUT2D eigenvalue weighted by atomic mass is 9.52. The average Bonchev–Trinajstić information content (AvgIpc) is 2.84. The highest BCUT2D eigenvalue weighted by Gasteiger charge is 2.57. The van der Waals surface area contributed by atoms with Gasteiger partial charge in [-0.25, -0.2) is 0 Å². The van der Waals surface area contributed by atoms with Crippen LogP contribution in [0.4, 0.5) is 0 Å². The fourth-order valence-corrected chi connectivity index (χ4v) is 7.39. The Morgan fingerprint density at radius 2 is 2.05 bits per heavy atom. The molecule has 3 heteroatoms. The number of halogens is 1. The standard InChI is InChI=1S/C19H27BrO2/c1-19-8-7-13-12-4-3-11(21)9-15(12)17(20)10-14(13)16(19)5-6-18(19)22-2/h9,12-14,16-18H,3-8,10H2,1-2H3/t12?,13-,14-,16+,17?,18+,19+/m1/s1. The molecule has 4 rings (SSSR count). The third-order valence-electron chi connectivity index (χ3n) is 7.51. The minimum atomic E-state index is 0.343. The first kappa shape index (κ1) is 15.4. The van der Waals surface area contributed by atoms with E-state index in [9.17, 15) is 4.79 Å². The Kier molecular flexibility index (Phi) is 3.81. The molecule has 0 amide bonds. The minimum absolute atomic E-state index is 0.343. The molecule has 7 atom stereocenters. The van der Waals surface area contributed by atoms with Crippen LogP contribution in [0.1, 0.15) is 51.9 Å². The Labute approximate surface area is 142 Å². The molecule has 0 heterocycles. The summed E-state index contributed by atoms with van der Waals surface area (Å²) in [5.74, 6) is 3.44. The smallest absolute Gasteiger partial charge is 0.155 e. The second-order valence-electron chi connectivity index (χ2n) is 8.24. The zero-order valence-corrected chi connectivity index (χ0v) is 15.3. The van der Waals surface area contributed by atoms with Crippen molar-refractivity contribution in [1.29, 1.82) is 0 Å². The van der Waals surface area contributed by atoms with Gasteiger partial charge in [0.1, 0.15) is 0 Å². The number of carbonyl (C=O) groups is 1. The van der Waals surface area contributed by atoms with E-state index in [2.05, 4.69) is 22.9 Å². The maximum absolute atomic E-state index is 11.8. The van der Waals surface area contributed by atoms with Gasteiger partial charge in [0.2, 0.25) is 0 Å². The molecule has 4 aliphatic carbocycles. The van der Waals surface area contributed by atoms with E-state index < -0.39 is 0 Å². The third-order valence-corrected chi connectivity index (χ3v) is 8.41. The molecule has 22 heavy (non-hydrogen) atoms. The number of ether oxygens (including phenoxy) is 1. The predicted molar refractivity (Wildman–Crippen MR) is 91.0 cm³/mol. The van der Waals surface area contributed by atoms with Crippen molar-refractivity contribution in [3.63, 3.8) is 0 Å². The molecule has 0 saturated heterocycles. The Morgan fingerprint density at radius 3 is 2.82 bits per heavy atom. The Balaban J connectivity index is 1.65. The molecule has 0 radical (unpaired) electrons. The van der Waals surface area contributed by atoms with E-state index in [1.165, 1.54) is 37.7 Å². The number of carbonyl (C=O) groups excluding carboxylic acids is 1. The SMILES string of the molecule is CO[C@H]1CC[C@H]2[C@@H]3CC(Br)C4=CC(=O)CCC4[C@H]3CC[C@]12C. The number of fused-ring (bicyclic) bond motifs is 5. The number of allylic oxidation sites excluding steroid dienone is 1. The molecule has 0 aromatic rings. The van der Waals surface area contributed by atoms with Gasteiger partial charge < -0.3 is 4.74 Å². The highest BCUT2D eigenvalue weighted by atomic mass is 79.9. The summed E-state index contributed by atoms with van der Waals surface area (Å²) in [6.07, 6.45) is 10.7. The van der Waals surface area contributed by atoms with Crippen LogP contribution in [0.25, 0.3) is 0 Å². The second kappa shape index (κ2) is 5.44. The van der Waals surface area contributed by atoms with Crippen LogP contribution in [0, 0.1) is 29.1 Å². The first-order chi connectivity index (χ1) is 10.5. The van der Waals surface area contributed by atoms with Gasteiger partial charge in [-0.05, 0) is 79.3 Å². The van der Waals surface area contributed by atoms with E-state index in [0.717, 1.165) is 30.6 Å². The number of rotatable bonds is 1. The van der Waals surface area contributed by atoms with E-state index in [1.807, 2.05) is 13.2 Å². The highest BCUT2D eigenvalue weighted by Crippen LogP contribution is 2.62. The van der Waals surface area contributed by atoms with Crippen LogP contribution in [0.5, 0.6) is 0 Å². The molecule has 3 saturated carbocycles. The van der Waals surface area contributed by atoms with Crippen LogP contribution in [0.3, 0.4) is 0 Å². The third kappa shape index (κ3) is 2.11. The summed E-state index contributed by atoms with van der Waals surface area (Å²) in [4.78, 5) is 12.2. The molecular weight excluding hydrogens is 340 g/mol. The molecule has 122 valence electrons. The Bertz CT molecular complexity index is 514. The minimum Gasteiger partial charge on any atom is -0.381 e. The zero-order valence-electron chi connectivity index (χ0n) is 13.7. The fourth-order valence-electron chi connectivity index (χ4n) is 6.48. The summed E-state index contributed by atoms with van der Waals surface area (Å²) in [5, 5.41) is 0. The van der Waals surface area contributed by atoms with E-state index in [-0.39, 0.29) is 0 Å². The van der Waals surface area contributed by atoms with Gasteiger partial charge in [0.05, 0.1) is 6.10 Å². The second-order valence-corrected chi connectivity index (χ2v) is 9.34. The molecule has 0 aromatic heterocycles. The van der Waals surface area contributed by atoms with Crippen molar-refractivity contribution in [3.8, 4) is 0 Å². The van der Waals surface area contributed by atoms with Gasteiger partial charge in [0.25, 0.3) is 0 Å². The molecule has 2 unspecified atom stereocenters. The summed E-state index contributed by atoms with van der Waals surface area (Å²) < 4.78 is 5.84. The van der Waals surface area contributed by atoms with Crippen molar-refractivity contribution in [2.45, 2.75) is 62.8 Å². The van der Waals surface area contributed by atoms with Crippen molar-refractivity contribution < 1.29 is 9.53 Å². The van der Waals surface area contributed by atoms with Crippen molar-refractivity contribution in [2.24, 2.45) is 29.1 Å². The lowest BCUT2D eigenvalue weighted by Gasteiger charge is -2.54. The molecule has 3 fully saturated rings. The van der Waals surface area contributed by atoms with Crippen molar-refractivity contribution >= 4 is 21.7 Å². The summed E-state index contributed by atoms with van der Waals surface area (Å²) in [5.41, 5.74) is 1.80. The largest absolute Gasteiger partial charge is 0.381 e. The first-order valence-electron chi connectivity index (χ1n) is 8.95. The zero-order chi connectivity index (χ0) is 15.5. The topological polar surface area (TPSA) is 26.3 Å². The maximum atomic E-state index is 11.8. The number of ketones is 1. The molecule has 0 bridgehead atoms. The summed E-state index contributed by atoms with van der Waals surface area (Å²) in [6, 6.07) is 0. The number of alkyl halides is 1. The molecule has 4 aliphatic rings. The van der Waals surface area contributed by atoms with Gasteiger partial charge in [0, 0.05) is 18.4 Å². The average molecular weight is 367 g/mol. The quantitative estimate of drug-likeness (QED) is 0.637. The van der Waals surface area contributed by atoms with Crippen LogP contribution in [-0.4, -0.2) is 23.8 Å². The summed E-state index contributed by atoms with van der Waals surface area (Å²) in [7, 11) is 1.89. The lowest BCUT2D eigenvalue weighted by Crippen LogP contribution is -2.49. The van der Waals surface area contributed by atoms with Crippen LogP contribution in [0.2, 0.25) is 0 Å². The van der Waals surface area contributed by atoms with E-state index in [0.29, 0.717) is 28.0 Å². The monoisotopic (exact) mass is 366 g/mol. The van der Waals surface area contributed by atoms with Crippen LogP contribution in [-0.2, 0) is 9.53 Å². The normalized spacial score (nSPS) is 50.9. The maximum Gasteiger partial charge on any atom is 0.155 e. The van der Waals surface area contributed by atoms with Crippen molar-refractivity contribution in [2.75, 3.05) is 7.11 Å². The highest BCUT2D eigenvalue weighted by molar-refractivity contribution is 9.09. The number of hydrogen-bond acceptors (Lipinski definition) is 2.